The number of nitrogens with zero attached hydrogens (tertiary/aromatic N) is 2. The molecule has 0 spiro atoms. The minimum Gasteiger partial charge on any atom is -0.401 e. The maximum atomic E-state index is 11.1. The first kappa shape index (κ1) is 11.0. The first-order chi connectivity index (χ1) is 7.00. The molecule has 15 heavy (non-hydrogen) atoms. The fraction of sp³-hybridized carbons (Fsp3) is 0.222. The van der Waals surface area contributed by atoms with E-state index in [-0.39, 0.29) is 17.6 Å². The van der Waals surface area contributed by atoms with Crippen molar-refractivity contribution in [2.45, 2.75) is 0 Å². The van der Waals surface area contributed by atoms with Gasteiger partial charge in [-0.15, -0.1) is 0 Å². The molecule has 0 aliphatic carbocycles. The summed E-state index contributed by atoms with van der Waals surface area (Å²) in [5.41, 5.74) is 0. The topological polar surface area (TPSA) is 76.6 Å². The number of carbonyl (C=O) groups excluding carboxylic acids is 1. The minimum absolute atomic E-state index is 0.214. The summed E-state index contributed by atoms with van der Waals surface area (Å²) in [5.74, 6) is -0.280. The fourth-order valence-corrected chi connectivity index (χ4v) is 0.832. The van der Waals surface area contributed by atoms with Gasteiger partial charge in [0.15, 0.2) is 0 Å². The molecular weight excluding hydrogens is 200 g/mol. The molecule has 80 valence electrons. The van der Waals surface area contributed by atoms with E-state index < -0.39 is 4.92 Å². The second kappa shape index (κ2) is 4.41. The molecule has 0 saturated heterocycles. The smallest absolute Gasteiger partial charge is 0.401 e. The number of likely N-dealkylation sites (N-methyl/N-ethyl adjacent to an activating group) is 1. The zero-order chi connectivity index (χ0) is 11.4. The van der Waals surface area contributed by atoms with E-state index in [1.54, 1.807) is 14.1 Å². The molecule has 1 amide bonds. The quantitative estimate of drug-likeness (QED) is 0.428. The predicted molar refractivity (Wildman–Crippen MR) is 53.1 cm³/mol. The summed E-state index contributed by atoms with van der Waals surface area (Å²) >= 11 is 0. The molecule has 0 aliphatic heterocycles. The van der Waals surface area contributed by atoms with E-state index >= 15 is 0 Å². The number of hydrogen-bond acceptors (Lipinski definition) is 4. The van der Waals surface area contributed by atoms with Crippen molar-refractivity contribution in [3.05, 3.63) is 34.1 Å². The highest BCUT2D eigenvalue weighted by molar-refractivity contribution is 5.91. The Morgan fingerprint density at radius 2 is 2.20 bits per heavy atom. The summed E-state index contributed by atoms with van der Waals surface area (Å²) in [6, 6.07) is 2.66. The van der Waals surface area contributed by atoms with Crippen molar-refractivity contribution in [1.29, 1.82) is 0 Å². The van der Waals surface area contributed by atoms with E-state index in [2.05, 4.69) is 0 Å². The first-order valence-corrected chi connectivity index (χ1v) is 4.14. The zero-order valence-corrected chi connectivity index (χ0v) is 8.34. The molecule has 6 nitrogen and oxygen atoms in total. The summed E-state index contributed by atoms with van der Waals surface area (Å²) in [6.07, 6.45) is 2.66. The van der Waals surface area contributed by atoms with Gasteiger partial charge in [-0.2, -0.15) is 0 Å². The molecule has 0 radical (unpaired) electrons. The number of carbonyl (C=O) groups is 1. The minimum atomic E-state index is -0.634. The normalized spacial score (nSPS) is 10.5. The van der Waals surface area contributed by atoms with Crippen LogP contribution in [0.2, 0.25) is 0 Å². The van der Waals surface area contributed by atoms with Crippen LogP contribution in [-0.2, 0) is 4.79 Å². The van der Waals surface area contributed by atoms with Crippen LogP contribution >= 0.6 is 0 Å². The third-order valence-electron chi connectivity index (χ3n) is 1.62. The van der Waals surface area contributed by atoms with E-state index in [1.807, 2.05) is 0 Å². The summed E-state index contributed by atoms with van der Waals surface area (Å²) < 4.78 is 4.82. The van der Waals surface area contributed by atoms with Crippen LogP contribution in [0.15, 0.2) is 22.6 Å². The Bertz CT molecular complexity index is 406. The molecule has 1 heterocycles. The third kappa shape index (κ3) is 2.94. The molecule has 0 N–H and O–H groups in total. The largest absolute Gasteiger partial charge is 0.433 e. The van der Waals surface area contributed by atoms with Gasteiger partial charge in [-0.1, -0.05) is 0 Å². The highest BCUT2D eigenvalue weighted by Crippen LogP contribution is 2.16. The molecule has 0 atom stereocenters. The number of hydrogen-bond donors (Lipinski definition) is 0. The van der Waals surface area contributed by atoms with Gasteiger partial charge >= 0.3 is 5.88 Å². The van der Waals surface area contributed by atoms with Crippen molar-refractivity contribution < 1.29 is 14.1 Å². The number of nitro groups is 1. The van der Waals surface area contributed by atoms with Crippen LogP contribution in [0.4, 0.5) is 5.88 Å². The van der Waals surface area contributed by atoms with Crippen molar-refractivity contribution >= 4 is 17.9 Å². The van der Waals surface area contributed by atoms with Crippen LogP contribution in [0.25, 0.3) is 6.08 Å². The monoisotopic (exact) mass is 210 g/mol. The molecule has 0 unspecified atom stereocenters. The lowest BCUT2D eigenvalue weighted by molar-refractivity contribution is -0.402. The van der Waals surface area contributed by atoms with Crippen LogP contribution in [-0.4, -0.2) is 29.8 Å². The van der Waals surface area contributed by atoms with Gasteiger partial charge in [-0.25, -0.2) is 0 Å². The molecule has 0 bridgehead atoms. The highest BCUT2D eigenvalue weighted by Gasteiger charge is 2.10. The maximum absolute atomic E-state index is 11.1. The van der Waals surface area contributed by atoms with Crippen molar-refractivity contribution in [2.75, 3.05) is 14.1 Å². The summed E-state index contributed by atoms with van der Waals surface area (Å²) in [4.78, 5) is 22.1. The molecule has 1 aromatic rings. The second-order valence-electron chi connectivity index (χ2n) is 3.00. The second-order valence-corrected chi connectivity index (χ2v) is 3.00. The predicted octanol–water partition coefficient (Wildman–Crippen LogP) is 1.29. The molecule has 0 aromatic carbocycles. The Hall–Kier alpha value is -2.11. The first-order valence-electron chi connectivity index (χ1n) is 4.14. The standard InChI is InChI=1S/C9H10N2O4/c1-10(2)8(12)5-3-7-4-6-9(15-7)11(13)14/h3-6H,1-2H3. The van der Waals surface area contributed by atoms with Gasteiger partial charge in [-0.05, 0) is 12.1 Å². The van der Waals surface area contributed by atoms with Gasteiger partial charge < -0.3 is 9.32 Å². The lowest BCUT2D eigenvalue weighted by Gasteiger charge is -2.04. The molecule has 0 saturated carbocycles. The average Bonchev–Trinajstić information content (AvgIpc) is 2.62. The average molecular weight is 210 g/mol. The van der Waals surface area contributed by atoms with Gasteiger partial charge in [0.2, 0.25) is 5.91 Å². The molecule has 1 aromatic heterocycles. The zero-order valence-electron chi connectivity index (χ0n) is 8.34. The van der Waals surface area contributed by atoms with E-state index in [4.69, 9.17) is 4.42 Å². The van der Waals surface area contributed by atoms with Crippen LogP contribution in [0, 0.1) is 10.1 Å². The lowest BCUT2D eigenvalue weighted by Crippen LogP contribution is -2.18. The van der Waals surface area contributed by atoms with Crippen LogP contribution in [0.1, 0.15) is 5.76 Å². The fourth-order valence-electron chi connectivity index (χ4n) is 0.832. The summed E-state index contributed by atoms with van der Waals surface area (Å²) in [6.45, 7) is 0. The Morgan fingerprint density at radius 1 is 1.53 bits per heavy atom. The van der Waals surface area contributed by atoms with Gasteiger partial charge in [-0.3, -0.25) is 14.9 Å². The van der Waals surface area contributed by atoms with Crippen LogP contribution < -0.4 is 0 Å². The van der Waals surface area contributed by atoms with E-state index in [0.29, 0.717) is 0 Å². The van der Waals surface area contributed by atoms with Crippen molar-refractivity contribution in [3.63, 3.8) is 0 Å². The van der Waals surface area contributed by atoms with Crippen molar-refractivity contribution in [3.8, 4) is 0 Å². The molecule has 6 heteroatoms. The van der Waals surface area contributed by atoms with Crippen molar-refractivity contribution in [2.24, 2.45) is 0 Å². The highest BCUT2D eigenvalue weighted by atomic mass is 16.6. The van der Waals surface area contributed by atoms with E-state index in [9.17, 15) is 14.9 Å². The lowest BCUT2D eigenvalue weighted by atomic mass is 10.4. The molecule has 0 fully saturated rings. The number of furan rings is 1. The van der Waals surface area contributed by atoms with Crippen LogP contribution in [0.3, 0.4) is 0 Å². The molecule has 1 rings (SSSR count). The van der Waals surface area contributed by atoms with Crippen LogP contribution in [0.5, 0.6) is 0 Å². The SMILES string of the molecule is CN(C)C(=O)C=Cc1ccc([N+](=O)[O-])o1. The van der Waals surface area contributed by atoms with Crippen molar-refractivity contribution in [1.82, 2.24) is 4.90 Å². The van der Waals surface area contributed by atoms with Gasteiger partial charge in [0.1, 0.15) is 10.7 Å². The Balaban J connectivity index is 2.73. The number of rotatable bonds is 3. The maximum Gasteiger partial charge on any atom is 0.433 e. The van der Waals surface area contributed by atoms with Gasteiger partial charge in [0.25, 0.3) is 0 Å². The Morgan fingerprint density at radius 3 is 2.67 bits per heavy atom. The third-order valence-corrected chi connectivity index (χ3v) is 1.62. The molecule has 0 aliphatic rings. The van der Waals surface area contributed by atoms with E-state index in [0.717, 1.165) is 0 Å². The Labute approximate surface area is 85.9 Å². The molecular formula is C9H10N2O4. The number of amides is 1. The van der Waals surface area contributed by atoms with Gasteiger partial charge in [0.05, 0.1) is 6.07 Å². The summed E-state index contributed by atoms with van der Waals surface area (Å²) in [5, 5.41) is 10.3. The Kier molecular flexibility index (Phi) is 3.22. The van der Waals surface area contributed by atoms with E-state index in [1.165, 1.54) is 29.2 Å². The summed E-state index contributed by atoms with van der Waals surface area (Å²) in [7, 11) is 3.22. The van der Waals surface area contributed by atoms with Gasteiger partial charge in [0, 0.05) is 20.2 Å².